The van der Waals surface area contributed by atoms with Crippen LogP contribution in [0.4, 0.5) is 8.78 Å². The highest BCUT2D eigenvalue weighted by Crippen LogP contribution is 2.32. The highest BCUT2D eigenvalue weighted by Gasteiger charge is 2.22. The van der Waals surface area contributed by atoms with Gasteiger partial charge in [-0.15, -0.1) is 0 Å². The minimum atomic E-state index is -0.609. The van der Waals surface area contributed by atoms with Gasteiger partial charge in [-0.05, 0) is 36.4 Å². The molecule has 0 aliphatic heterocycles. The summed E-state index contributed by atoms with van der Waals surface area (Å²) in [5, 5.41) is 3.54. The number of ether oxygens (including phenoxy) is 1. The molecule has 0 aromatic heterocycles. The maximum absolute atomic E-state index is 14.0. The summed E-state index contributed by atoms with van der Waals surface area (Å²) in [6.07, 6.45) is 0. The first-order chi connectivity index (χ1) is 10.1. The summed E-state index contributed by atoms with van der Waals surface area (Å²) in [7, 11) is 1.50. The average molecular weight is 312 g/mol. The third kappa shape index (κ3) is 3.34. The number of hydrogen-bond acceptors (Lipinski definition) is 2. The molecule has 112 valence electrons. The lowest BCUT2D eigenvalue weighted by Gasteiger charge is -2.21. The number of hydrogen-bond donors (Lipinski definition) is 1. The summed E-state index contributed by atoms with van der Waals surface area (Å²) < 4.78 is 33.2. The molecule has 2 nitrogen and oxygen atoms in total. The molecule has 0 spiro atoms. The quantitative estimate of drug-likeness (QED) is 0.887. The van der Waals surface area contributed by atoms with Crippen LogP contribution in [0.25, 0.3) is 0 Å². The lowest BCUT2D eigenvalue weighted by atomic mass is 9.97. The Balaban J connectivity index is 2.53. The number of methoxy groups -OCH3 is 1. The van der Waals surface area contributed by atoms with Crippen molar-refractivity contribution in [3.8, 4) is 5.75 Å². The fourth-order valence-electron chi connectivity index (χ4n) is 2.23. The molecule has 2 rings (SSSR count). The molecule has 0 bridgehead atoms. The standard InChI is InChI=1S/C16H16ClF2NO/c1-3-20-16(15-12(18)5-4-6-13(15)19)10-7-8-11(17)14(9-10)21-2/h4-9,16,20H,3H2,1-2H3. The van der Waals surface area contributed by atoms with E-state index in [4.69, 9.17) is 16.3 Å². The first-order valence-electron chi connectivity index (χ1n) is 6.59. The van der Waals surface area contributed by atoms with Gasteiger partial charge in [-0.2, -0.15) is 0 Å². The highest BCUT2D eigenvalue weighted by molar-refractivity contribution is 6.32. The molecule has 5 heteroatoms. The molecule has 0 amide bonds. The predicted molar refractivity (Wildman–Crippen MR) is 79.9 cm³/mol. The van der Waals surface area contributed by atoms with Crippen LogP contribution in [0, 0.1) is 11.6 Å². The Kier molecular flexibility index (Phi) is 5.15. The van der Waals surface area contributed by atoms with Gasteiger partial charge in [-0.3, -0.25) is 0 Å². The largest absolute Gasteiger partial charge is 0.495 e. The van der Waals surface area contributed by atoms with E-state index in [0.717, 1.165) is 0 Å². The first kappa shape index (κ1) is 15.7. The van der Waals surface area contributed by atoms with Gasteiger partial charge in [-0.25, -0.2) is 8.78 Å². The Morgan fingerprint density at radius 1 is 1.19 bits per heavy atom. The molecule has 1 atom stereocenters. The van der Waals surface area contributed by atoms with Crippen molar-refractivity contribution in [1.82, 2.24) is 5.32 Å². The Morgan fingerprint density at radius 3 is 2.43 bits per heavy atom. The van der Waals surface area contributed by atoms with Crippen LogP contribution in [-0.4, -0.2) is 13.7 Å². The van der Waals surface area contributed by atoms with Crippen molar-refractivity contribution in [2.75, 3.05) is 13.7 Å². The van der Waals surface area contributed by atoms with Crippen LogP contribution in [0.15, 0.2) is 36.4 Å². The van der Waals surface area contributed by atoms with Crippen LogP contribution >= 0.6 is 11.6 Å². The number of benzene rings is 2. The van der Waals surface area contributed by atoms with Gasteiger partial charge in [0.05, 0.1) is 18.2 Å². The molecule has 0 saturated heterocycles. The monoisotopic (exact) mass is 311 g/mol. The molecule has 0 heterocycles. The summed E-state index contributed by atoms with van der Waals surface area (Å²) in [4.78, 5) is 0. The van der Waals surface area contributed by atoms with Gasteiger partial charge in [0.2, 0.25) is 0 Å². The molecule has 2 aromatic carbocycles. The lowest BCUT2D eigenvalue weighted by Crippen LogP contribution is -2.24. The Bertz CT molecular complexity index is 613. The van der Waals surface area contributed by atoms with Crippen LogP contribution in [0.3, 0.4) is 0 Å². The second-order valence-electron chi connectivity index (χ2n) is 4.52. The number of rotatable bonds is 5. The average Bonchev–Trinajstić information content (AvgIpc) is 2.47. The summed E-state index contributed by atoms with van der Waals surface area (Å²) in [6, 6.07) is 8.29. The van der Waals surface area contributed by atoms with Crippen LogP contribution in [0.1, 0.15) is 24.1 Å². The molecule has 0 fully saturated rings. The molecule has 2 aromatic rings. The zero-order valence-electron chi connectivity index (χ0n) is 11.8. The smallest absolute Gasteiger partial charge is 0.137 e. The summed E-state index contributed by atoms with van der Waals surface area (Å²) in [5.41, 5.74) is 0.672. The van der Waals surface area contributed by atoms with Gasteiger partial charge >= 0.3 is 0 Å². The van der Waals surface area contributed by atoms with Crippen molar-refractivity contribution in [2.24, 2.45) is 0 Å². The van der Waals surface area contributed by atoms with Gasteiger partial charge in [0.15, 0.2) is 0 Å². The van der Waals surface area contributed by atoms with Gasteiger partial charge in [-0.1, -0.05) is 30.7 Å². The van der Waals surface area contributed by atoms with Crippen molar-refractivity contribution < 1.29 is 13.5 Å². The van der Waals surface area contributed by atoms with E-state index in [9.17, 15) is 8.78 Å². The minimum Gasteiger partial charge on any atom is -0.495 e. The molecular formula is C16H16ClF2NO. The third-order valence-corrected chi connectivity index (χ3v) is 3.52. The second kappa shape index (κ2) is 6.87. The van der Waals surface area contributed by atoms with Crippen LogP contribution < -0.4 is 10.1 Å². The zero-order valence-corrected chi connectivity index (χ0v) is 12.5. The van der Waals surface area contributed by atoms with E-state index < -0.39 is 17.7 Å². The van der Waals surface area contributed by atoms with Crippen molar-refractivity contribution in [1.29, 1.82) is 0 Å². The van der Waals surface area contributed by atoms with E-state index in [2.05, 4.69) is 5.32 Å². The number of nitrogens with one attached hydrogen (secondary N) is 1. The maximum atomic E-state index is 14.0. The summed E-state index contributed by atoms with van der Waals surface area (Å²) in [6.45, 7) is 2.43. The van der Waals surface area contributed by atoms with Crippen molar-refractivity contribution in [3.05, 3.63) is 64.2 Å². The Morgan fingerprint density at radius 2 is 1.86 bits per heavy atom. The Labute approximate surface area is 127 Å². The summed E-state index contributed by atoms with van der Waals surface area (Å²) in [5.74, 6) is -0.710. The molecule has 0 saturated carbocycles. The van der Waals surface area contributed by atoms with E-state index >= 15 is 0 Å². The predicted octanol–water partition coefficient (Wildman–Crippen LogP) is 4.33. The SMILES string of the molecule is CCNC(c1ccc(Cl)c(OC)c1)c1c(F)cccc1F. The zero-order chi connectivity index (χ0) is 15.4. The fourth-order valence-corrected chi connectivity index (χ4v) is 2.43. The molecule has 1 unspecified atom stereocenters. The number of halogens is 3. The molecule has 0 radical (unpaired) electrons. The molecule has 1 N–H and O–H groups in total. The molecule has 21 heavy (non-hydrogen) atoms. The van der Waals surface area contributed by atoms with Crippen molar-refractivity contribution >= 4 is 11.6 Å². The fraction of sp³-hybridized carbons (Fsp3) is 0.250. The van der Waals surface area contributed by atoms with Crippen molar-refractivity contribution in [3.63, 3.8) is 0 Å². The lowest BCUT2D eigenvalue weighted by molar-refractivity contribution is 0.413. The third-order valence-electron chi connectivity index (χ3n) is 3.21. The van der Waals surface area contributed by atoms with Crippen LogP contribution in [0.5, 0.6) is 5.75 Å². The topological polar surface area (TPSA) is 21.3 Å². The van der Waals surface area contributed by atoms with E-state index in [1.165, 1.54) is 25.3 Å². The minimum absolute atomic E-state index is 0.0104. The molecular weight excluding hydrogens is 296 g/mol. The second-order valence-corrected chi connectivity index (χ2v) is 4.93. The van der Waals surface area contributed by atoms with E-state index in [-0.39, 0.29) is 5.56 Å². The Hall–Kier alpha value is -1.65. The van der Waals surface area contributed by atoms with E-state index in [1.807, 2.05) is 6.92 Å². The van der Waals surface area contributed by atoms with Crippen LogP contribution in [0.2, 0.25) is 5.02 Å². The summed E-state index contributed by atoms with van der Waals surface area (Å²) >= 11 is 5.99. The molecule has 0 aliphatic carbocycles. The van der Waals surface area contributed by atoms with Crippen LogP contribution in [-0.2, 0) is 0 Å². The van der Waals surface area contributed by atoms with Gasteiger partial charge < -0.3 is 10.1 Å². The molecule has 0 aliphatic rings. The first-order valence-corrected chi connectivity index (χ1v) is 6.97. The van der Waals surface area contributed by atoms with Gasteiger partial charge in [0.1, 0.15) is 17.4 Å². The maximum Gasteiger partial charge on any atom is 0.137 e. The van der Waals surface area contributed by atoms with E-state index in [0.29, 0.717) is 22.9 Å². The van der Waals surface area contributed by atoms with Gasteiger partial charge in [0.25, 0.3) is 0 Å². The van der Waals surface area contributed by atoms with Gasteiger partial charge in [0, 0.05) is 5.56 Å². The normalized spacial score (nSPS) is 12.2. The van der Waals surface area contributed by atoms with Crippen molar-refractivity contribution in [2.45, 2.75) is 13.0 Å². The van der Waals surface area contributed by atoms with E-state index in [1.54, 1.807) is 18.2 Å². The highest BCUT2D eigenvalue weighted by atomic mass is 35.5.